The molecule has 5 rings (SSSR count). The maximum Gasteiger partial charge on any atom is 0.265 e. The van der Waals surface area contributed by atoms with Crippen molar-refractivity contribution in [2.45, 2.75) is 17.4 Å². The molecule has 2 amide bonds. The maximum atomic E-state index is 13.6. The molecule has 6 nitrogen and oxygen atoms in total. The molecule has 0 saturated heterocycles. The minimum atomic E-state index is -2.10. The zero-order valence-corrected chi connectivity index (χ0v) is 17.2. The molecule has 2 atom stereocenters. The molecule has 3 N–H and O–H groups in total. The Morgan fingerprint density at radius 1 is 1.13 bits per heavy atom. The van der Waals surface area contributed by atoms with Gasteiger partial charge in [-0.05, 0) is 34.5 Å². The molecule has 150 valence electrons. The van der Waals surface area contributed by atoms with E-state index in [1.165, 1.54) is 11.0 Å². The number of thioether (sulfide) groups is 1. The Morgan fingerprint density at radius 2 is 1.90 bits per heavy atom. The average molecular weight is 438 g/mol. The van der Waals surface area contributed by atoms with E-state index in [2.05, 4.69) is 4.99 Å². The molecule has 0 fully saturated rings. The monoisotopic (exact) mass is 437 g/mol. The highest BCUT2D eigenvalue weighted by molar-refractivity contribution is 8.15. The third-order valence-corrected chi connectivity index (χ3v) is 6.85. The summed E-state index contributed by atoms with van der Waals surface area (Å²) in [6.07, 6.45) is 0. The summed E-state index contributed by atoms with van der Waals surface area (Å²) in [5.41, 5.74) is 5.31. The first-order valence-electron chi connectivity index (χ1n) is 9.25. The van der Waals surface area contributed by atoms with Crippen LogP contribution in [0.4, 0.5) is 5.69 Å². The molecule has 0 spiro atoms. The van der Waals surface area contributed by atoms with Crippen molar-refractivity contribution in [3.8, 4) is 0 Å². The average Bonchev–Trinajstić information content (AvgIpc) is 3.18. The third-order valence-electron chi connectivity index (χ3n) is 5.50. The van der Waals surface area contributed by atoms with E-state index < -0.39 is 22.7 Å². The smallest absolute Gasteiger partial charge is 0.265 e. The van der Waals surface area contributed by atoms with Crippen LogP contribution >= 0.6 is 23.4 Å². The van der Waals surface area contributed by atoms with E-state index in [0.29, 0.717) is 10.7 Å². The number of amides is 2. The Labute approximate surface area is 181 Å². The molecular formula is C22H16ClN3O3S. The number of hydrogen-bond acceptors (Lipinski definition) is 5. The zero-order chi connectivity index (χ0) is 21.0. The van der Waals surface area contributed by atoms with Crippen LogP contribution in [0.15, 0.2) is 65.7 Å². The second-order valence-electron chi connectivity index (χ2n) is 7.24. The predicted molar refractivity (Wildman–Crippen MR) is 118 cm³/mol. The Kier molecular flexibility index (Phi) is 4.36. The summed E-state index contributed by atoms with van der Waals surface area (Å²) in [5.74, 6) is -1.23. The summed E-state index contributed by atoms with van der Waals surface area (Å²) in [7, 11) is 0. The number of aliphatic hydroxyl groups is 1. The minimum absolute atomic E-state index is 0.0299. The molecule has 3 aromatic carbocycles. The molecule has 0 aliphatic carbocycles. The fourth-order valence-electron chi connectivity index (χ4n) is 4.12. The van der Waals surface area contributed by atoms with Crippen molar-refractivity contribution in [1.29, 1.82) is 0 Å². The zero-order valence-electron chi connectivity index (χ0n) is 15.6. The SMILES string of the molecule is NC1=NC(=O)[C@H]([C@]2(O)C(=O)N(Cc3cccc4ccccc34)c3ccc(Cl)cc32)S1. The molecule has 0 aromatic heterocycles. The summed E-state index contributed by atoms with van der Waals surface area (Å²) in [6.45, 7) is 0.235. The number of nitrogens with two attached hydrogens (primary N) is 1. The third kappa shape index (κ3) is 2.74. The van der Waals surface area contributed by atoms with Crippen LogP contribution in [0.25, 0.3) is 10.8 Å². The van der Waals surface area contributed by atoms with Crippen molar-refractivity contribution < 1.29 is 14.7 Å². The largest absolute Gasteiger partial charge is 0.378 e. The summed E-state index contributed by atoms with van der Waals surface area (Å²) in [4.78, 5) is 31.1. The highest BCUT2D eigenvalue weighted by atomic mass is 35.5. The number of benzene rings is 3. The van der Waals surface area contributed by atoms with E-state index in [0.717, 1.165) is 28.1 Å². The van der Waals surface area contributed by atoms with Gasteiger partial charge < -0.3 is 15.7 Å². The van der Waals surface area contributed by atoms with Crippen molar-refractivity contribution in [2.75, 3.05) is 4.90 Å². The fraction of sp³-hybridized carbons (Fsp3) is 0.136. The van der Waals surface area contributed by atoms with E-state index >= 15 is 0 Å². The number of aliphatic imine (C=N–C) groups is 1. The van der Waals surface area contributed by atoms with Crippen LogP contribution in [0.2, 0.25) is 5.02 Å². The number of nitrogens with zero attached hydrogens (tertiary/aromatic N) is 2. The van der Waals surface area contributed by atoms with Crippen molar-refractivity contribution in [2.24, 2.45) is 10.7 Å². The number of fused-ring (bicyclic) bond motifs is 2. The van der Waals surface area contributed by atoms with E-state index in [9.17, 15) is 14.7 Å². The summed E-state index contributed by atoms with van der Waals surface area (Å²) in [6, 6.07) is 18.6. The topological polar surface area (TPSA) is 96.0 Å². The van der Waals surface area contributed by atoms with Crippen LogP contribution in [0, 0.1) is 0 Å². The van der Waals surface area contributed by atoms with Crippen molar-refractivity contribution in [3.05, 3.63) is 76.8 Å². The number of carbonyl (C=O) groups excluding carboxylic acids is 2. The van der Waals surface area contributed by atoms with E-state index in [1.54, 1.807) is 12.1 Å². The molecule has 3 aromatic rings. The van der Waals surface area contributed by atoms with Gasteiger partial charge in [0.15, 0.2) is 10.8 Å². The van der Waals surface area contributed by atoms with Gasteiger partial charge in [-0.3, -0.25) is 9.59 Å². The first-order chi connectivity index (χ1) is 14.4. The van der Waals surface area contributed by atoms with Crippen LogP contribution in [-0.4, -0.2) is 27.3 Å². The van der Waals surface area contributed by atoms with E-state index in [1.807, 2.05) is 42.5 Å². The van der Waals surface area contributed by atoms with Gasteiger partial charge in [0.1, 0.15) is 5.25 Å². The molecule has 2 aliphatic rings. The highest BCUT2D eigenvalue weighted by Crippen LogP contribution is 2.49. The first kappa shape index (κ1) is 19.1. The Hall–Kier alpha value is -2.87. The number of hydrogen-bond donors (Lipinski definition) is 2. The Balaban J connectivity index is 1.62. The van der Waals surface area contributed by atoms with Crippen LogP contribution in [-0.2, 0) is 21.7 Å². The van der Waals surface area contributed by atoms with Crippen LogP contribution in [0.1, 0.15) is 11.1 Å². The normalized spacial score (nSPS) is 23.2. The van der Waals surface area contributed by atoms with Gasteiger partial charge >= 0.3 is 0 Å². The van der Waals surface area contributed by atoms with Crippen LogP contribution in [0.3, 0.4) is 0 Å². The molecule has 30 heavy (non-hydrogen) atoms. The lowest BCUT2D eigenvalue weighted by molar-refractivity contribution is -0.140. The number of amidine groups is 1. The van der Waals surface area contributed by atoms with Crippen molar-refractivity contribution >= 4 is 56.8 Å². The van der Waals surface area contributed by atoms with Gasteiger partial charge in [0.05, 0.1) is 12.2 Å². The van der Waals surface area contributed by atoms with Gasteiger partial charge in [0, 0.05) is 10.6 Å². The lowest BCUT2D eigenvalue weighted by atomic mass is 9.91. The lowest BCUT2D eigenvalue weighted by Gasteiger charge is -2.27. The van der Waals surface area contributed by atoms with Crippen LogP contribution in [0.5, 0.6) is 0 Å². The molecule has 2 aliphatic heterocycles. The van der Waals surface area contributed by atoms with Gasteiger partial charge in [-0.15, -0.1) is 0 Å². The Morgan fingerprint density at radius 3 is 2.67 bits per heavy atom. The number of anilines is 1. The molecular weight excluding hydrogens is 422 g/mol. The predicted octanol–water partition coefficient (Wildman–Crippen LogP) is 3.18. The second kappa shape index (κ2) is 6.84. The van der Waals surface area contributed by atoms with Gasteiger partial charge in [-0.2, -0.15) is 4.99 Å². The summed E-state index contributed by atoms with van der Waals surface area (Å²) >= 11 is 7.06. The number of rotatable bonds is 3. The summed E-state index contributed by atoms with van der Waals surface area (Å²) < 4.78 is 0. The molecule has 8 heteroatoms. The maximum absolute atomic E-state index is 13.6. The highest BCUT2D eigenvalue weighted by Gasteiger charge is 2.59. The van der Waals surface area contributed by atoms with Gasteiger partial charge in [-0.25, -0.2) is 0 Å². The first-order valence-corrected chi connectivity index (χ1v) is 10.5. The molecule has 0 bridgehead atoms. The molecule has 0 radical (unpaired) electrons. The second-order valence-corrected chi connectivity index (χ2v) is 8.81. The van der Waals surface area contributed by atoms with Crippen molar-refractivity contribution in [3.63, 3.8) is 0 Å². The van der Waals surface area contributed by atoms with E-state index in [-0.39, 0.29) is 17.3 Å². The minimum Gasteiger partial charge on any atom is -0.378 e. The number of halogens is 1. The summed E-state index contributed by atoms with van der Waals surface area (Å²) in [5, 5.41) is 12.9. The quantitative estimate of drug-likeness (QED) is 0.656. The fourth-order valence-corrected chi connectivity index (χ4v) is 5.23. The van der Waals surface area contributed by atoms with Gasteiger partial charge in [0.2, 0.25) is 0 Å². The molecule has 0 unspecified atom stereocenters. The van der Waals surface area contributed by atoms with Gasteiger partial charge in [0.25, 0.3) is 11.8 Å². The standard InChI is InChI=1S/C22H16ClN3O3S/c23-14-8-9-17-16(10-14)22(29,18-19(27)25-21(24)30-18)20(28)26(17)11-13-6-3-5-12-4-1-2-7-15(12)13/h1-10,18,29H,11H2,(H2,24,25,27)/t18-,22+/m1/s1. The van der Waals surface area contributed by atoms with Gasteiger partial charge in [-0.1, -0.05) is 65.8 Å². The van der Waals surface area contributed by atoms with E-state index in [4.69, 9.17) is 17.3 Å². The van der Waals surface area contributed by atoms with Crippen molar-refractivity contribution in [1.82, 2.24) is 0 Å². The Bertz CT molecular complexity index is 1260. The lowest BCUT2D eigenvalue weighted by Crippen LogP contribution is -2.49. The van der Waals surface area contributed by atoms with Crippen LogP contribution < -0.4 is 10.6 Å². The molecule has 0 saturated carbocycles. The number of carbonyl (C=O) groups is 2. The molecule has 2 heterocycles.